The Kier molecular flexibility index (Phi) is 4.67. The Balaban J connectivity index is 2.10. The van der Waals surface area contributed by atoms with Crippen molar-refractivity contribution in [2.75, 3.05) is 26.2 Å². The predicted octanol–water partition coefficient (Wildman–Crippen LogP) is 2.72. The molecule has 0 bridgehead atoms. The largest absolute Gasteiger partial charge is 0.493 e. The molecule has 134 valence electrons. The summed E-state index contributed by atoms with van der Waals surface area (Å²) in [7, 11) is 4.55. The zero-order chi connectivity index (χ0) is 18.8. The Morgan fingerprint density at radius 2 is 1.58 bits per heavy atom. The first-order chi connectivity index (χ1) is 12.5. The Labute approximate surface area is 151 Å². The van der Waals surface area contributed by atoms with Gasteiger partial charge < -0.3 is 14.2 Å². The van der Waals surface area contributed by atoms with E-state index in [1.54, 1.807) is 35.2 Å². The minimum Gasteiger partial charge on any atom is -0.493 e. The van der Waals surface area contributed by atoms with Crippen molar-refractivity contribution in [2.24, 2.45) is 0 Å². The summed E-state index contributed by atoms with van der Waals surface area (Å²) in [5.41, 5.74) is 1.74. The zero-order valence-electron chi connectivity index (χ0n) is 14.8. The van der Waals surface area contributed by atoms with Gasteiger partial charge in [0.05, 0.1) is 33.1 Å². The molecular formula is C20H19NO5. The molecule has 1 fully saturated rings. The Morgan fingerprint density at radius 3 is 2.15 bits per heavy atom. The molecule has 6 nitrogen and oxygen atoms in total. The highest BCUT2D eigenvalue weighted by Crippen LogP contribution is 2.47. The van der Waals surface area contributed by atoms with E-state index in [-0.39, 0.29) is 17.4 Å². The van der Waals surface area contributed by atoms with Crippen LogP contribution in [-0.2, 0) is 4.79 Å². The van der Waals surface area contributed by atoms with Crippen LogP contribution in [0.3, 0.4) is 0 Å². The van der Waals surface area contributed by atoms with E-state index in [1.165, 1.54) is 33.5 Å². The molecular weight excluding hydrogens is 334 g/mol. The van der Waals surface area contributed by atoms with E-state index in [0.717, 1.165) is 5.56 Å². The van der Waals surface area contributed by atoms with Crippen LogP contribution in [0.4, 0.5) is 5.69 Å². The summed E-state index contributed by atoms with van der Waals surface area (Å²) in [6.07, 6.45) is 0. The van der Waals surface area contributed by atoms with Gasteiger partial charge in [-0.15, -0.1) is 0 Å². The molecule has 26 heavy (non-hydrogen) atoms. The normalized spacial score (nSPS) is 16.1. The highest BCUT2D eigenvalue weighted by Gasteiger charge is 2.43. The number of benzene rings is 1. The molecule has 1 heterocycles. The summed E-state index contributed by atoms with van der Waals surface area (Å²) in [6.45, 7) is 3.88. The fraction of sp³-hybridized carbons (Fsp3) is 0.200. The van der Waals surface area contributed by atoms with Gasteiger partial charge in [0.1, 0.15) is 0 Å². The SMILES string of the molecule is C=C1C(=O)N(c2cc(OC)c(OC)c(OC)c2)C1c1cccc(=O)cc1. The van der Waals surface area contributed by atoms with Crippen molar-refractivity contribution in [3.05, 3.63) is 70.4 Å². The van der Waals surface area contributed by atoms with Crippen LogP contribution in [0.15, 0.2) is 59.4 Å². The molecule has 0 radical (unpaired) electrons. The van der Waals surface area contributed by atoms with Crippen molar-refractivity contribution in [1.82, 2.24) is 0 Å². The lowest BCUT2D eigenvalue weighted by Crippen LogP contribution is -2.48. The summed E-state index contributed by atoms with van der Waals surface area (Å²) in [4.78, 5) is 25.6. The molecule has 0 saturated carbocycles. The van der Waals surface area contributed by atoms with Gasteiger partial charge in [0, 0.05) is 17.7 Å². The molecule has 0 spiro atoms. The number of carbonyl (C=O) groups is 1. The number of amides is 1. The fourth-order valence-corrected chi connectivity index (χ4v) is 3.03. The van der Waals surface area contributed by atoms with Gasteiger partial charge in [-0.2, -0.15) is 0 Å². The Hall–Kier alpha value is -3.28. The van der Waals surface area contributed by atoms with E-state index in [4.69, 9.17) is 14.2 Å². The number of methoxy groups -OCH3 is 3. The zero-order valence-corrected chi connectivity index (χ0v) is 14.8. The van der Waals surface area contributed by atoms with E-state index in [0.29, 0.717) is 28.5 Å². The minimum absolute atomic E-state index is 0.105. The number of nitrogens with zero attached hydrogens (tertiary/aromatic N) is 1. The molecule has 6 heteroatoms. The lowest BCUT2D eigenvalue weighted by Gasteiger charge is -2.42. The van der Waals surface area contributed by atoms with Crippen LogP contribution in [0.5, 0.6) is 17.2 Å². The van der Waals surface area contributed by atoms with Gasteiger partial charge >= 0.3 is 0 Å². The van der Waals surface area contributed by atoms with Crippen molar-refractivity contribution in [3.63, 3.8) is 0 Å². The molecule has 0 N–H and O–H groups in total. The second kappa shape index (κ2) is 6.92. The highest BCUT2D eigenvalue weighted by atomic mass is 16.5. The number of carbonyl (C=O) groups excluding carboxylic acids is 1. The predicted molar refractivity (Wildman–Crippen MR) is 98.2 cm³/mol. The summed E-state index contributed by atoms with van der Waals surface area (Å²) < 4.78 is 16.1. The summed E-state index contributed by atoms with van der Waals surface area (Å²) in [5.74, 6) is 1.15. The first-order valence-electron chi connectivity index (χ1n) is 7.94. The molecule has 2 aromatic carbocycles. The molecule has 1 aliphatic rings. The summed E-state index contributed by atoms with van der Waals surface area (Å²) in [5, 5.41) is 0. The number of ether oxygens (including phenoxy) is 3. The van der Waals surface area contributed by atoms with E-state index >= 15 is 0 Å². The molecule has 1 amide bonds. The van der Waals surface area contributed by atoms with Gasteiger partial charge in [-0.05, 0) is 17.7 Å². The number of anilines is 1. The Morgan fingerprint density at radius 1 is 0.923 bits per heavy atom. The van der Waals surface area contributed by atoms with E-state index in [1.807, 2.05) is 0 Å². The topological polar surface area (TPSA) is 65.1 Å². The number of hydrogen-bond acceptors (Lipinski definition) is 5. The van der Waals surface area contributed by atoms with Crippen LogP contribution in [0.1, 0.15) is 11.6 Å². The number of hydrogen-bond donors (Lipinski definition) is 0. The average Bonchev–Trinajstić information content (AvgIpc) is 2.88. The van der Waals surface area contributed by atoms with E-state index < -0.39 is 0 Å². The van der Waals surface area contributed by atoms with E-state index in [2.05, 4.69) is 6.58 Å². The molecule has 1 unspecified atom stereocenters. The standard InChI is InChI=1S/C20H19NO5/c1-12-18(13-6-5-7-15(22)9-8-13)21(20(12)23)14-10-16(24-2)19(26-4)17(11-14)25-3/h5-11,18H,1H2,2-4H3. The lowest BCUT2D eigenvalue weighted by molar-refractivity contribution is -0.118. The monoisotopic (exact) mass is 353 g/mol. The minimum atomic E-state index is -0.364. The lowest BCUT2D eigenvalue weighted by atomic mass is 9.89. The van der Waals surface area contributed by atoms with Gasteiger partial charge in [0.25, 0.3) is 5.91 Å². The second-order valence-electron chi connectivity index (χ2n) is 5.75. The first kappa shape index (κ1) is 17.5. The maximum atomic E-state index is 12.5. The second-order valence-corrected chi connectivity index (χ2v) is 5.75. The summed E-state index contributed by atoms with van der Waals surface area (Å²) in [6, 6.07) is 11.2. The third kappa shape index (κ3) is 2.79. The van der Waals surface area contributed by atoms with Gasteiger partial charge in [-0.3, -0.25) is 14.5 Å². The average molecular weight is 353 g/mol. The van der Waals surface area contributed by atoms with Crippen LogP contribution >= 0.6 is 0 Å². The van der Waals surface area contributed by atoms with Gasteiger partial charge in [-0.1, -0.05) is 24.8 Å². The Bertz CT molecular complexity index is 912. The van der Waals surface area contributed by atoms with Crippen molar-refractivity contribution < 1.29 is 19.0 Å². The quantitative estimate of drug-likeness (QED) is 0.611. The molecule has 1 atom stereocenters. The fourth-order valence-electron chi connectivity index (χ4n) is 3.03. The van der Waals surface area contributed by atoms with Crippen molar-refractivity contribution >= 4 is 11.6 Å². The summed E-state index contributed by atoms with van der Waals surface area (Å²) >= 11 is 0. The molecule has 2 aromatic rings. The maximum Gasteiger partial charge on any atom is 0.256 e. The van der Waals surface area contributed by atoms with Crippen molar-refractivity contribution in [1.29, 1.82) is 0 Å². The van der Waals surface area contributed by atoms with Crippen LogP contribution in [0.25, 0.3) is 0 Å². The van der Waals surface area contributed by atoms with Crippen LogP contribution in [-0.4, -0.2) is 27.2 Å². The molecule has 3 rings (SSSR count). The number of β-lactam (4-membered cyclic amide) rings is 1. The molecule has 1 saturated heterocycles. The van der Waals surface area contributed by atoms with Crippen LogP contribution < -0.4 is 24.5 Å². The third-order valence-electron chi connectivity index (χ3n) is 4.31. The van der Waals surface area contributed by atoms with Gasteiger partial charge in [0.2, 0.25) is 5.75 Å². The van der Waals surface area contributed by atoms with Crippen molar-refractivity contribution in [2.45, 2.75) is 6.04 Å². The molecule has 1 aliphatic heterocycles. The van der Waals surface area contributed by atoms with Gasteiger partial charge in [-0.25, -0.2) is 0 Å². The van der Waals surface area contributed by atoms with Gasteiger partial charge in [0.15, 0.2) is 16.9 Å². The highest BCUT2D eigenvalue weighted by molar-refractivity contribution is 6.15. The maximum absolute atomic E-state index is 12.5. The van der Waals surface area contributed by atoms with E-state index in [9.17, 15) is 9.59 Å². The smallest absolute Gasteiger partial charge is 0.256 e. The first-order valence-corrected chi connectivity index (χ1v) is 7.94. The number of rotatable bonds is 5. The van der Waals surface area contributed by atoms with Crippen molar-refractivity contribution in [3.8, 4) is 17.2 Å². The van der Waals surface area contributed by atoms with Crippen LogP contribution in [0, 0.1) is 0 Å². The molecule has 0 aromatic heterocycles. The third-order valence-corrected chi connectivity index (χ3v) is 4.31. The molecule has 0 aliphatic carbocycles. The van der Waals surface area contributed by atoms with Crippen LogP contribution in [0.2, 0.25) is 0 Å².